The molecule has 7 nitrogen and oxygen atoms in total. The summed E-state index contributed by atoms with van der Waals surface area (Å²) in [5.74, 6) is 1.63. The number of rotatable bonds is 4. The number of nitrogens with one attached hydrogen (secondary N) is 1. The maximum Gasteiger partial charge on any atom is 0.228 e. The van der Waals surface area contributed by atoms with Crippen LogP contribution in [0.1, 0.15) is 37.9 Å². The Kier molecular flexibility index (Phi) is 5.18. The Bertz CT molecular complexity index is 592. The minimum atomic E-state index is -0.0834. The summed E-state index contributed by atoms with van der Waals surface area (Å²) >= 11 is 0. The van der Waals surface area contributed by atoms with Gasteiger partial charge in [-0.15, -0.1) is 0 Å². The van der Waals surface area contributed by atoms with Crippen molar-refractivity contribution >= 4 is 17.6 Å². The van der Waals surface area contributed by atoms with Crippen molar-refractivity contribution in [2.75, 3.05) is 25.0 Å². The molecule has 3 N–H and O–H groups in total. The van der Waals surface area contributed by atoms with E-state index in [9.17, 15) is 9.59 Å². The van der Waals surface area contributed by atoms with Crippen LogP contribution in [0.5, 0.6) is 0 Å². The van der Waals surface area contributed by atoms with Crippen molar-refractivity contribution in [3.8, 4) is 0 Å². The quantitative estimate of drug-likeness (QED) is 0.869. The van der Waals surface area contributed by atoms with Crippen molar-refractivity contribution < 1.29 is 14.1 Å². The highest BCUT2D eigenvalue weighted by Gasteiger charge is 2.36. The number of piperidine rings is 1. The fraction of sp³-hybridized carbons (Fsp3) is 0.706. The molecule has 0 radical (unpaired) electrons. The average molecular weight is 334 g/mol. The molecule has 132 valence electrons. The lowest BCUT2D eigenvalue weighted by atomic mass is 9.91. The molecule has 1 saturated heterocycles. The van der Waals surface area contributed by atoms with Gasteiger partial charge in [-0.05, 0) is 45.1 Å². The van der Waals surface area contributed by atoms with Gasteiger partial charge in [-0.2, -0.15) is 0 Å². The lowest BCUT2D eigenvalue weighted by Crippen LogP contribution is -2.45. The van der Waals surface area contributed by atoms with Crippen LogP contribution in [0, 0.1) is 24.7 Å². The summed E-state index contributed by atoms with van der Waals surface area (Å²) in [5, 5.41) is 6.56. The lowest BCUT2D eigenvalue weighted by molar-refractivity contribution is -0.139. The number of hydrogen-bond acceptors (Lipinski definition) is 5. The van der Waals surface area contributed by atoms with E-state index in [0.29, 0.717) is 50.0 Å². The van der Waals surface area contributed by atoms with E-state index < -0.39 is 0 Å². The Morgan fingerprint density at radius 2 is 2.08 bits per heavy atom. The van der Waals surface area contributed by atoms with Gasteiger partial charge < -0.3 is 20.5 Å². The molecule has 0 unspecified atom stereocenters. The topological polar surface area (TPSA) is 101 Å². The highest BCUT2D eigenvalue weighted by atomic mass is 16.5. The summed E-state index contributed by atoms with van der Waals surface area (Å²) in [6.07, 6.45) is 4.48. The molecule has 2 atom stereocenters. The minimum Gasteiger partial charge on any atom is -0.360 e. The Balaban J connectivity index is 1.50. The van der Waals surface area contributed by atoms with Gasteiger partial charge in [0, 0.05) is 31.0 Å². The largest absolute Gasteiger partial charge is 0.360 e. The van der Waals surface area contributed by atoms with Crippen molar-refractivity contribution in [1.29, 1.82) is 0 Å². The first kappa shape index (κ1) is 17.0. The number of amides is 2. The van der Waals surface area contributed by atoms with Crippen LogP contribution in [0.25, 0.3) is 0 Å². The first-order valence-corrected chi connectivity index (χ1v) is 8.81. The Morgan fingerprint density at radius 1 is 1.33 bits per heavy atom. The van der Waals surface area contributed by atoms with Crippen molar-refractivity contribution in [2.24, 2.45) is 23.5 Å². The number of carbonyl (C=O) groups excluding carboxylic acids is 2. The molecule has 1 aromatic heterocycles. The van der Waals surface area contributed by atoms with Crippen LogP contribution in [0.3, 0.4) is 0 Å². The van der Waals surface area contributed by atoms with Gasteiger partial charge in [-0.1, -0.05) is 11.6 Å². The fourth-order valence-corrected chi connectivity index (χ4v) is 3.89. The van der Waals surface area contributed by atoms with Crippen LogP contribution in [0.15, 0.2) is 10.6 Å². The van der Waals surface area contributed by atoms with Crippen molar-refractivity contribution in [3.05, 3.63) is 11.8 Å². The maximum atomic E-state index is 12.7. The number of aromatic nitrogens is 1. The second-order valence-corrected chi connectivity index (χ2v) is 6.94. The van der Waals surface area contributed by atoms with Gasteiger partial charge in [-0.25, -0.2) is 0 Å². The number of hydrogen-bond donors (Lipinski definition) is 2. The normalized spacial score (nSPS) is 25.0. The van der Waals surface area contributed by atoms with Crippen LogP contribution in [-0.4, -0.2) is 41.5 Å². The number of nitrogens with two attached hydrogens (primary N) is 1. The van der Waals surface area contributed by atoms with Gasteiger partial charge in [0.25, 0.3) is 0 Å². The van der Waals surface area contributed by atoms with E-state index in [-0.39, 0.29) is 23.7 Å². The van der Waals surface area contributed by atoms with E-state index >= 15 is 0 Å². The molecule has 0 aromatic carbocycles. The van der Waals surface area contributed by atoms with Gasteiger partial charge >= 0.3 is 0 Å². The van der Waals surface area contributed by atoms with Crippen LogP contribution < -0.4 is 11.1 Å². The van der Waals surface area contributed by atoms with E-state index in [0.717, 1.165) is 19.3 Å². The van der Waals surface area contributed by atoms with Gasteiger partial charge in [-0.3, -0.25) is 9.59 Å². The molecule has 1 aliphatic heterocycles. The van der Waals surface area contributed by atoms with Crippen molar-refractivity contribution in [2.45, 2.75) is 39.0 Å². The standard InChI is InChI=1S/C17H26N4O3/c1-11-9-15(20-24-11)19-16(22)12-5-7-21(8-6-12)17(23)14-4-2-3-13(14)10-18/h9,12-14H,2-8,10,18H2,1H3,(H,19,20,22)/t13-,14-/m1/s1. The average Bonchev–Trinajstić information content (AvgIpc) is 3.23. The highest BCUT2D eigenvalue weighted by Crippen LogP contribution is 2.33. The summed E-state index contributed by atoms with van der Waals surface area (Å²) in [7, 11) is 0. The third kappa shape index (κ3) is 3.61. The zero-order valence-corrected chi connectivity index (χ0v) is 14.2. The number of likely N-dealkylation sites (tertiary alicyclic amines) is 1. The number of nitrogens with zero attached hydrogens (tertiary/aromatic N) is 2. The molecule has 7 heteroatoms. The summed E-state index contributed by atoms with van der Waals surface area (Å²) in [4.78, 5) is 26.9. The van der Waals surface area contributed by atoms with Crippen LogP contribution in [0.4, 0.5) is 5.82 Å². The maximum absolute atomic E-state index is 12.7. The molecule has 1 saturated carbocycles. The monoisotopic (exact) mass is 334 g/mol. The Morgan fingerprint density at radius 3 is 2.71 bits per heavy atom. The molecule has 1 aromatic rings. The van der Waals surface area contributed by atoms with Gasteiger partial charge in [0.1, 0.15) is 5.76 Å². The number of carbonyl (C=O) groups is 2. The van der Waals surface area contributed by atoms with Crippen LogP contribution >= 0.6 is 0 Å². The van der Waals surface area contributed by atoms with E-state index in [4.69, 9.17) is 10.3 Å². The highest BCUT2D eigenvalue weighted by molar-refractivity contribution is 5.91. The van der Waals surface area contributed by atoms with Crippen LogP contribution in [0.2, 0.25) is 0 Å². The summed E-state index contributed by atoms with van der Waals surface area (Å²) in [6.45, 7) is 3.65. The van der Waals surface area contributed by atoms with Gasteiger partial charge in [0.2, 0.25) is 11.8 Å². The molecular formula is C17H26N4O3. The van der Waals surface area contributed by atoms with Gasteiger partial charge in [0.05, 0.1) is 0 Å². The molecule has 2 aliphatic rings. The number of aryl methyl sites for hydroxylation is 1. The molecule has 0 bridgehead atoms. The Hall–Kier alpha value is -1.89. The SMILES string of the molecule is Cc1cc(NC(=O)C2CCN(C(=O)[C@@H]3CCC[C@@H]3CN)CC2)no1. The smallest absolute Gasteiger partial charge is 0.228 e. The van der Waals surface area contributed by atoms with Crippen LogP contribution in [-0.2, 0) is 9.59 Å². The summed E-state index contributed by atoms with van der Waals surface area (Å²) in [6, 6.07) is 1.70. The predicted molar refractivity (Wildman–Crippen MR) is 89.1 cm³/mol. The van der Waals surface area contributed by atoms with Crippen molar-refractivity contribution in [3.63, 3.8) is 0 Å². The molecule has 2 fully saturated rings. The molecule has 3 rings (SSSR count). The summed E-state index contributed by atoms with van der Waals surface area (Å²) in [5.41, 5.74) is 5.79. The molecule has 2 heterocycles. The fourth-order valence-electron chi connectivity index (χ4n) is 3.89. The summed E-state index contributed by atoms with van der Waals surface area (Å²) < 4.78 is 4.95. The third-order valence-corrected chi connectivity index (χ3v) is 5.34. The van der Waals surface area contributed by atoms with E-state index in [1.54, 1.807) is 13.0 Å². The third-order valence-electron chi connectivity index (χ3n) is 5.34. The van der Waals surface area contributed by atoms with E-state index in [1.807, 2.05) is 4.90 Å². The van der Waals surface area contributed by atoms with Crippen molar-refractivity contribution in [1.82, 2.24) is 10.1 Å². The lowest BCUT2D eigenvalue weighted by Gasteiger charge is -2.34. The minimum absolute atomic E-state index is 0.0453. The molecular weight excluding hydrogens is 308 g/mol. The molecule has 0 spiro atoms. The zero-order valence-electron chi connectivity index (χ0n) is 14.2. The van der Waals surface area contributed by atoms with E-state index in [1.165, 1.54) is 0 Å². The predicted octanol–water partition coefficient (Wildman–Crippen LogP) is 1.54. The second kappa shape index (κ2) is 7.34. The Labute approximate surface area is 141 Å². The molecule has 2 amide bonds. The first-order chi connectivity index (χ1) is 11.6. The number of anilines is 1. The van der Waals surface area contributed by atoms with Gasteiger partial charge in [0.15, 0.2) is 5.82 Å². The first-order valence-electron chi connectivity index (χ1n) is 8.81. The zero-order chi connectivity index (χ0) is 17.1. The van der Waals surface area contributed by atoms with E-state index in [2.05, 4.69) is 10.5 Å². The second-order valence-electron chi connectivity index (χ2n) is 6.94. The molecule has 1 aliphatic carbocycles. The molecule has 24 heavy (non-hydrogen) atoms.